The lowest BCUT2D eigenvalue weighted by Gasteiger charge is -1.98. The van der Waals surface area contributed by atoms with Crippen molar-refractivity contribution in [3.05, 3.63) is 17.0 Å². The number of hydrogen-bond donors (Lipinski definition) is 1. The maximum atomic E-state index is 11.1. The molecule has 0 aliphatic carbocycles. The minimum absolute atomic E-state index is 0.0653. The van der Waals surface area contributed by atoms with E-state index in [4.69, 9.17) is 5.11 Å². The first kappa shape index (κ1) is 16.1. The van der Waals surface area contributed by atoms with Crippen LogP contribution in [0.2, 0.25) is 0 Å². The molecule has 0 aromatic carbocycles. The van der Waals surface area contributed by atoms with E-state index in [1.54, 1.807) is 13.8 Å². The lowest BCUT2D eigenvalue weighted by atomic mass is 10.2. The quantitative estimate of drug-likeness (QED) is 0.822. The molecule has 6 nitrogen and oxygen atoms in total. The van der Waals surface area contributed by atoms with Gasteiger partial charge in [-0.1, -0.05) is 13.8 Å². The number of aliphatic carboxylic acids is 1. The zero-order valence-corrected chi connectivity index (χ0v) is 11.5. The minimum atomic E-state index is -0.963. The highest BCUT2D eigenvalue weighted by Gasteiger charge is 2.15. The van der Waals surface area contributed by atoms with E-state index in [2.05, 4.69) is 9.84 Å². The summed E-state index contributed by atoms with van der Waals surface area (Å²) >= 11 is 0. The number of hydrogen-bond acceptors (Lipinski definition) is 4. The van der Waals surface area contributed by atoms with Crippen molar-refractivity contribution >= 4 is 11.9 Å². The number of rotatable bonds is 4. The molecule has 0 spiro atoms. The SMILES string of the molecule is CC.COC(=O)Cc1nn(CC(=O)O)c(C)c1C. The van der Waals surface area contributed by atoms with Crippen LogP contribution < -0.4 is 0 Å². The Morgan fingerprint density at radius 1 is 1.33 bits per heavy atom. The van der Waals surface area contributed by atoms with Crippen LogP contribution in [0.4, 0.5) is 0 Å². The molecule has 1 rings (SSSR count). The average molecular weight is 256 g/mol. The second kappa shape index (κ2) is 7.47. The van der Waals surface area contributed by atoms with Gasteiger partial charge in [0.1, 0.15) is 6.54 Å². The number of methoxy groups -OCH3 is 1. The molecule has 18 heavy (non-hydrogen) atoms. The summed E-state index contributed by atoms with van der Waals surface area (Å²) < 4.78 is 5.91. The molecule has 1 heterocycles. The maximum absolute atomic E-state index is 11.1. The lowest BCUT2D eigenvalue weighted by Crippen LogP contribution is -2.12. The van der Waals surface area contributed by atoms with Crippen molar-refractivity contribution < 1.29 is 19.4 Å². The van der Waals surface area contributed by atoms with Crippen molar-refractivity contribution in [2.24, 2.45) is 0 Å². The Bertz CT molecular complexity index is 424. The number of esters is 1. The summed E-state index contributed by atoms with van der Waals surface area (Å²) in [5.74, 6) is -1.35. The van der Waals surface area contributed by atoms with E-state index in [0.717, 1.165) is 11.3 Å². The van der Waals surface area contributed by atoms with Crippen LogP contribution >= 0.6 is 0 Å². The summed E-state index contributed by atoms with van der Waals surface area (Å²) in [5, 5.41) is 12.7. The van der Waals surface area contributed by atoms with Crippen LogP contribution in [0.3, 0.4) is 0 Å². The van der Waals surface area contributed by atoms with E-state index >= 15 is 0 Å². The highest BCUT2D eigenvalue weighted by Crippen LogP contribution is 2.13. The number of ether oxygens (including phenoxy) is 1. The fourth-order valence-electron chi connectivity index (χ4n) is 1.36. The molecule has 6 heteroatoms. The van der Waals surface area contributed by atoms with Crippen LogP contribution in [0.5, 0.6) is 0 Å². The van der Waals surface area contributed by atoms with Crippen molar-refractivity contribution in [3.63, 3.8) is 0 Å². The summed E-state index contributed by atoms with van der Waals surface area (Å²) in [7, 11) is 1.30. The third kappa shape index (κ3) is 4.20. The van der Waals surface area contributed by atoms with Gasteiger partial charge in [-0.2, -0.15) is 5.10 Å². The highest BCUT2D eigenvalue weighted by atomic mass is 16.5. The van der Waals surface area contributed by atoms with Gasteiger partial charge in [-0.05, 0) is 19.4 Å². The average Bonchev–Trinajstić information content (AvgIpc) is 2.59. The van der Waals surface area contributed by atoms with Crippen molar-refractivity contribution in [2.45, 2.75) is 40.7 Å². The molecule has 102 valence electrons. The summed E-state index contributed by atoms with van der Waals surface area (Å²) in [6, 6.07) is 0. The van der Waals surface area contributed by atoms with Gasteiger partial charge >= 0.3 is 11.9 Å². The van der Waals surface area contributed by atoms with Crippen molar-refractivity contribution in [1.29, 1.82) is 0 Å². The third-order valence-corrected chi connectivity index (χ3v) is 2.43. The summed E-state index contributed by atoms with van der Waals surface area (Å²) in [5.41, 5.74) is 2.14. The Hall–Kier alpha value is -1.85. The van der Waals surface area contributed by atoms with Crippen LogP contribution in [-0.2, 0) is 27.3 Å². The molecular formula is C12H20N2O4. The molecule has 1 aromatic rings. The van der Waals surface area contributed by atoms with E-state index in [0.29, 0.717) is 5.69 Å². The van der Waals surface area contributed by atoms with Gasteiger partial charge in [0.2, 0.25) is 0 Å². The van der Waals surface area contributed by atoms with E-state index in [1.807, 2.05) is 13.8 Å². The van der Waals surface area contributed by atoms with E-state index in [1.165, 1.54) is 11.8 Å². The van der Waals surface area contributed by atoms with Crippen molar-refractivity contribution in [2.75, 3.05) is 7.11 Å². The smallest absolute Gasteiger partial charge is 0.325 e. The zero-order valence-electron chi connectivity index (χ0n) is 11.5. The fourth-order valence-corrected chi connectivity index (χ4v) is 1.36. The van der Waals surface area contributed by atoms with Crippen molar-refractivity contribution in [1.82, 2.24) is 9.78 Å². The normalized spacial score (nSPS) is 9.39. The first-order chi connectivity index (χ1) is 8.45. The first-order valence-electron chi connectivity index (χ1n) is 5.77. The standard InChI is InChI=1S/C10H14N2O4.C2H6/c1-6-7(2)12(5-9(13)14)11-8(6)4-10(15)16-3;1-2/h4-5H2,1-3H3,(H,13,14);1-2H3. The van der Waals surface area contributed by atoms with E-state index in [9.17, 15) is 9.59 Å². The fraction of sp³-hybridized carbons (Fsp3) is 0.583. The molecule has 1 aromatic heterocycles. The maximum Gasteiger partial charge on any atom is 0.325 e. The zero-order chi connectivity index (χ0) is 14.3. The molecule has 0 saturated carbocycles. The van der Waals surface area contributed by atoms with Gasteiger partial charge in [0.05, 0.1) is 19.2 Å². The topological polar surface area (TPSA) is 81.4 Å². The van der Waals surface area contributed by atoms with Gasteiger partial charge in [0, 0.05) is 5.69 Å². The lowest BCUT2D eigenvalue weighted by molar-refractivity contribution is -0.140. The third-order valence-electron chi connectivity index (χ3n) is 2.43. The Kier molecular flexibility index (Phi) is 6.70. The molecule has 0 unspecified atom stereocenters. The molecule has 0 radical (unpaired) electrons. The number of aromatic nitrogens is 2. The predicted octanol–water partition coefficient (Wildman–Crippen LogP) is 1.33. The number of nitrogens with zero attached hydrogens (tertiary/aromatic N) is 2. The van der Waals surface area contributed by atoms with Gasteiger partial charge < -0.3 is 9.84 Å². The second-order valence-corrected chi connectivity index (χ2v) is 3.46. The Morgan fingerprint density at radius 3 is 2.33 bits per heavy atom. The van der Waals surface area contributed by atoms with E-state index < -0.39 is 5.97 Å². The summed E-state index contributed by atoms with van der Waals surface area (Å²) in [6.07, 6.45) is 0.0653. The molecule has 0 atom stereocenters. The first-order valence-corrected chi connectivity index (χ1v) is 5.77. The molecule has 0 fully saturated rings. The number of carbonyl (C=O) groups excluding carboxylic acids is 1. The highest BCUT2D eigenvalue weighted by molar-refractivity contribution is 5.72. The second-order valence-electron chi connectivity index (χ2n) is 3.46. The molecule has 0 amide bonds. The van der Waals surface area contributed by atoms with Crippen LogP contribution in [0.1, 0.15) is 30.8 Å². The molecular weight excluding hydrogens is 236 g/mol. The van der Waals surface area contributed by atoms with Gasteiger partial charge in [0.15, 0.2) is 0 Å². The van der Waals surface area contributed by atoms with Crippen LogP contribution in [0.15, 0.2) is 0 Å². The Labute approximate surface area is 107 Å². The van der Waals surface area contributed by atoms with Gasteiger partial charge in [-0.3, -0.25) is 14.3 Å². The number of carbonyl (C=O) groups is 2. The van der Waals surface area contributed by atoms with Crippen LogP contribution in [0.25, 0.3) is 0 Å². The molecule has 0 aliphatic heterocycles. The Morgan fingerprint density at radius 2 is 1.89 bits per heavy atom. The number of carboxylic acids is 1. The van der Waals surface area contributed by atoms with E-state index in [-0.39, 0.29) is 18.9 Å². The van der Waals surface area contributed by atoms with Gasteiger partial charge in [0.25, 0.3) is 0 Å². The van der Waals surface area contributed by atoms with Crippen LogP contribution in [0, 0.1) is 13.8 Å². The monoisotopic (exact) mass is 256 g/mol. The van der Waals surface area contributed by atoms with Crippen LogP contribution in [-0.4, -0.2) is 33.9 Å². The molecule has 0 saturated heterocycles. The largest absolute Gasteiger partial charge is 0.480 e. The summed E-state index contributed by atoms with van der Waals surface area (Å²) in [4.78, 5) is 21.7. The van der Waals surface area contributed by atoms with Crippen molar-refractivity contribution in [3.8, 4) is 0 Å². The van der Waals surface area contributed by atoms with Gasteiger partial charge in [-0.15, -0.1) is 0 Å². The summed E-state index contributed by atoms with van der Waals surface area (Å²) in [6.45, 7) is 7.37. The Balaban J connectivity index is 0.00000137. The van der Waals surface area contributed by atoms with Gasteiger partial charge in [-0.25, -0.2) is 0 Å². The molecule has 0 bridgehead atoms. The number of carboxylic acid groups (broad SMARTS) is 1. The minimum Gasteiger partial charge on any atom is -0.480 e. The molecule has 1 N–H and O–H groups in total. The molecule has 0 aliphatic rings. The predicted molar refractivity (Wildman–Crippen MR) is 66.4 cm³/mol.